The summed E-state index contributed by atoms with van der Waals surface area (Å²) in [5.41, 5.74) is 0.179. The molecule has 4 amide bonds. The van der Waals surface area contributed by atoms with E-state index in [0.29, 0.717) is 102 Å². The van der Waals surface area contributed by atoms with E-state index in [9.17, 15) is 24.0 Å². The van der Waals surface area contributed by atoms with E-state index in [1.165, 1.54) is 25.3 Å². The number of hydrogen-bond donors (Lipinski definition) is 3. The van der Waals surface area contributed by atoms with Crippen molar-refractivity contribution in [3.8, 4) is 5.75 Å². The van der Waals surface area contributed by atoms with Crippen LogP contribution in [0.3, 0.4) is 0 Å². The Labute approximate surface area is 374 Å². The summed E-state index contributed by atoms with van der Waals surface area (Å²) in [6, 6.07) is 5.84. The summed E-state index contributed by atoms with van der Waals surface area (Å²) in [6.45, 7) is 12.1. The molecular weight excluding hydrogens is 839 g/mol. The second kappa shape index (κ2) is 27.7. The predicted octanol–water partition coefficient (Wildman–Crippen LogP) is 4.83. The molecular formula is C44H67N5O13S. The number of amides is 4. The number of nitrogens with one attached hydrogen (secondary N) is 3. The molecule has 2 aromatic rings. The van der Waals surface area contributed by atoms with E-state index >= 15 is 0 Å². The second-order valence-electron chi connectivity index (χ2n) is 16.1. The summed E-state index contributed by atoms with van der Waals surface area (Å²) in [5.74, 6) is -0.465. The molecule has 2 unspecified atom stereocenters. The van der Waals surface area contributed by atoms with Gasteiger partial charge in [-0.15, -0.1) is 11.3 Å². The summed E-state index contributed by atoms with van der Waals surface area (Å²) in [7, 11) is 1.41. The van der Waals surface area contributed by atoms with Gasteiger partial charge in [0.2, 0.25) is 11.7 Å². The van der Waals surface area contributed by atoms with Crippen molar-refractivity contribution < 1.29 is 61.9 Å². The Hall–Kier alpha value is -4.40. The van der Waals surface area contributed by atoms with Crippen molar-refractivity contribution in [2.75, 3.05) is 92.8 Å². The number of thiazole rings is 1. The topological polar surface area (TPSA) is 211 Å². The van der Waals surface area contributed by atoms with Crippen LogP contribution in [0.25, 0.3) is 0 Å². The van der Waals surface area contributed by atoms with Gasteiger partial charge >= 0.3 is 12.2 Å². The zero-order valence-corrected chi connectivity index (χ0v) is 38.3. The zero-order valence-electron chi connectivity index (χ0n) is 37.4. The van der Waals surface area contributed by atoms with E-state index in [-0.39, 0.29) is 36.0 Å². The maximum atomic E-state index is 14.2. The average molecular weight is 906 g/mol. The van der Waals surface area contributed by atoms with Crippen LogP contribution in [-0.4, -0.2) is 150 Å². The Kier molecular flexibility index (Phi) is 22.5. The van der Waals surface area contributed by atoms with Crippen LogP contribution in [0.15, 0.2) is 29.6 Å². The van der Waals surface area contributed by atoms with E-state index in [0.717, 1.165) is 38.5 Å². The number of likely N-dealkylation sites (tertiary alicyclic amines) is 1. The maximum absolute atomic E-state index is 14.2. The van der Waals surface area contributed by atoms with Gasteiger partial charge in [0.05, 0.1) is 72.1 Å². The minimum absolute atomic E-state index is 0.0322. The largest absolute Gasteiger partial charge is 0.491 e. The molecule has 4 rings (SSSR count). The first kappa shape index (κ1) is 51.2. The smallest absolute Gasteiger partial charge is 0.407 e. The third-order valence-corrected chi connectivity index (χ3v) is 11.1. The summed E-state index contributed by atoms with van der Waals surface area (Å²) < 4.78 is 43.7. The fourth-order valence-electron chi connectivity index (χ4n) is 7.02. The summed E-state index contributed by atoms with van der Waals surface area (Å²) in [6.07, 6.45) is 3.86. The molecule has 2 aliphatic rings. The highest BCUT2D eigenvalue weighted by molar-refractivity contribution is 7.10. The quantitative estimate of drug-likeness (QED) is 0.0810. The van der Waals surface area contributed by atoms with Crippen molar-refractivity contribution in [3.63, 3.8) is 0 Å². The molecule has 2 heterocycles. The molecule has 3 N–H and O–H groups in total. The highest BCUT2D eigenvalue weighted by Crippen LogP contribution is 2.36. The van der Waals surface area contributed by atoms with Crippen molar-refractivity contribution in [1.29, 1.82) is 0 Å². The van der Waals surface area contributed by atoms with Crippen LogP contribution in [0.1, 0.15) is 99.7 Å². The van der Waals surface area contributed by atoms with Gasteiger partial charge < -0.3 is 58.7 Å². The van der Waals surface area contributed by atoms with E-state index in [2.05, 4.69) is 16.0 Å². The highest BCUT2D eigenvalue weighted by Gasteiger charge is 2.40. The Balaban J connectivity index is 1.10. The number of hydrogen-bond acceptors (Lipinski definition) is 15. The number of carbonyl (C=O) groups is 5. The minimum atomic E-state index is -1.07. The number of ether oxygens (including phenoxy) is 8. The van der Waals surface area contributed by atoms with Crippen LogP contribution in [0.2, 0.25) is 0 Å². The van der Waals surface area contributed by atoms with Gasteiger partial charge in [-0.3, -0.25) is 14.4 Å². The molecule has 0 bridgehead atoms. The van der Waals surface area contributed by atoms with Gasteiger partial charge in [0.25, 0.3) is 5.91 Å². The fraction of sp³-hybridized carbons (Fsp3) is 0.682. The highest BCUT2D eigenvalue weighted by atomic mass is 32.1. The average Bonchev–Trinajstić information content (AvgIpc) is 3.96. The van der Waals surface area contributed by atoms with Crippen molar-refractivity contribution >= 4 is 41.1 Å². The molecule has 2 fully saturated rings. The van der Waals surface area contributed by atoms with Crippen LogP contribution >= 0.6 is 11.3 Å². The molecule has 352 valence electrons. The lowest BCUT2D eigenvalue weighted by atomic mass is 9.83. The van der Waals surface area contributed by atoms with Crippen molar-refractivity contribution in [2.45, 2.75) is 96.4 Å². The molecule has 1 aromatic heterocycles. The fourth-order valence-corrected chi connectivity index (χ4v) is 7.96. The standard InChI is InChI=1S/C44H67N5O13S/c1-31(61-42(53)45-5)39(51)48-37(32-11-7-6-8-12-32)41(52)49-17-10-15-36(49)40-47-35(30-63-40)38(50)33-13-9-14-34(29-33)60-28-27-59-26-25-58-24-23-57-22-21-56-20-19-55-18-16-46-43(54)62-44(2,3)4/h9,13-14,29-32,36-37H,6-8,10-12,15-28H2,1-5H3,(H,45,53)(H,46,54)(H,48,51)/t31?,36-,37?/m0/s1. The van der Waals surface area contributed by atoms with Gasteiger partial charge in [0.1, 0.15) is 34.7 Å². The molecule has 3 atom stereocenters. The van der Waals surface area contributed by atoms with Gasteiger partial charge in [0, 0.05) is 31.1 Å². The molecule has 0 spiro atoms. The third kappa shape index (κ3) is 18.7. The number of alkyl carbamates (subject to hydrolysis) is 2. The van der Waals surface area contributed by atoms with Crippen molar-refractivity contribution in [2.24, 2.45) is 5.92 Å². The Bertz CT molecular complexity index is 1720. The number of rotatable bonds is 27. The van der Waals surface area contributed by atoms with Crippen LogP contribution in [0, 0.1) is 5.92 Å². The van der Waals surface area contributed by atoms with Crippen LogP contribution < -0.4 is 20.7 Å². The zero-order chi connectivity index (χ0) is 45.5. The molecule has 1 aliphatic carbocycles. The Morgan fingerprint density at radius 1 is 0.810 bits per heavy atom. The summed E-state index contributed by atoms with van der Waals surface area (Å²) in [5, 5.41) is 10.3. The van der Waals surface area contributed by atoms with Crippen LogP contribution in [0.5, 0.6) is 5.75 Å². The van der Waals surface area contributed by atoms with E-state index in [4.69, 9.17) is 42.9 Å². The van der Waals surface area contributed by atoms with Gasteiger partial charge in [-0.25, -0.2) is 14.6 Å². The number of carbonyl (C=O) groups excluding carboxylic acids is 5. The first-order valence-electron chi connectivity index (χ1n) is 21.9. The van der Waals surface area contributed by atoms with E-state index < -0.39 is 35.8 Å². The Morgan fingerprint density at radius 2 is 1.43 bits per heavy atom. The molecule has 0 radical (unpaired) electrons. The van der Waals surface area contributed by atoms with Gasteiger partial charge in [-0.1, -0.05) is 31.4 Å². The molecule has 1 aliphatic heterocycles. The van der Waals surface area contributed by atoms with Gasteiger partial charge in [-0.2, -0.15) is 0 Å². The van der Waals surface area contributed by atoms with Crippen LogP contribution in [-0.2, 0) is 42.7 Å². The number of benzene rings is 1. The van der Waals surface area contributed by atoms with Crippen molar-refractivity contribution in [3.05, 3.63) is 45.9 Å². The first-order valence-corrected chi connectivity index (χ1v) is 22.8. The number of aromatic nitrogens is 1. The Morgan fingerprint density at radius 3 is 2.05 bits per heavy atom. The molecule has 63 heavy (non-hydrogen) atoms. The van der Waals surface area contributed by atoms with Crippen molar-refractivity contribution in [1.82, 2.24) is 25.8 Å². The molecule has 1 saturated heterocycles. The summed E-state index contributed by atoms with van der Waals surface area (Å²) >= 11 is 1.34. The summed E-state index contributed by atoms with van der Waals surface area (Å²) in [4.78, 5) is 70.7. The number of nitrogens with zero attached hydrogens (tertiary/aromatic N) is 2. The molecule has 1 saturated carbocycles. The van der Waals surface area contributed by atoms with E-state index in [1.807, 2.05) is 0 Å². The monoisotopic (exact) mass is 905 g/mol. The maximum Gasteiger partial charge on any atom is 0.407 e. The van der Waals surface area contributed by atoms with Gasteiger partial charge in [0.15, 0.2) is 6.10 Å². The third-order valence-electron chi connectivity index (χ3n) is 10.1. The minimum Gasteiger partial charge on any atom is -0.491 e. The molecule has 1 aromatic carbocycles. The normalized spacial score (nSPS) is 16.5. The molecule has 19 heteroatoms. The second-order valence-corrected chi connectivity index (χ2v) is 17.0. The lowest BCUT2D eigenvalue weighted by Crippen LogP contribution is -2.54. The first-order chi connectivity index (χ1) is 30.4. The predicted molar refractivity (Wildman–Crippen MR) is 233 cm³/mol. The SMILES string of the molecule is CNC(=O)OC(C)C(=O)NC(C(=O)N1CCC[C@H]1c1nc(C(=O)c2cccc(OCCOCCOCCOCCOCCOCCNC(=O)OC(C)(C)C)c2)cs1)C1CCCCC1. The van der Waals surface area contributed by atoms with Crippen LogP contribution in [0.4, 0.5) is 9.59 Å². The lowest BCUT2D eigenvalue weighted by Gasteiger charge is -2.35. The number of ketones is 1. The van der Waals surface area contributed by atoms with E-state index in [1.54, 1.807) is 55.3 Å². The molecule has 18 nitrogen and oxygen atoms in total. The van der Waals surface area contributed by atoms with Gasteiger partial charge in [-0.05, 0) is 71.4 Å². The lowest BCUT2D eigenvalue weighted by molar-refractivity contribution is -0.141.